The molecule has 4 saturated carbocycles. The van der Waals surface area contributed by atoms with E-state index < -0.39 is 34.0 Å². The molecule has 9 nitrogen and oxygen atoms in total. The molecule has 5 N–H and O–H groups in total. The summed E-state index contributed by atoms with van der Waals surface area (Å²) < 4.78 is 5.22. The van der Waals surface area contributed by atoms with Crippen LogP contribution in [0.25, 0.3) is 0 Å². The van der Waals surface area contributed by atoms with Gasteiger partial charge in [-0.05, 0) is 86.8 Å². The van der Waals surface area contributed by atoms with Gasteiger partial charge < -0.3 is 25.2 Å². The smallest absolute Gasteiger partial charge is 0.331 e. The van der Waals surface area contributed by atoms with Crippen LogP contribution in [0.5, 0.6) is 5.75 Å². The van der Waals surface area contributed by atoms with Crippen LogP contribution in [-0.4, -0.2) is 62.4 Å². The first kappa shape index (κ1) is 26.5. The number of para-hydroxylation sites is 1. The average Bonchev–Trinajstić information content (AvgIpc) is 3.44. The molecule has 0 saturated heterocycles. The summed E-state index contributed by atoms with van der Waals surface area (Å²) in [6, 6.07) is 6.23. The number of hydrogen-bond donors (Lipinski definition) is 5. The van der Waals surface area contributed by atoms with Gasteiger partial charge in [0.15, 0.2) is 0 Å². The lowest BCUT2D eigenvalue weighted by Gasteiger charge is -2.65. The van der Waals surface area contributed by atoms with Crippen LogP contribution in [0.1, 0.15) is 75.1 Å². The zero-order chi connectivity index (χ0) is 27.6. The zero-order valence-corrected chi connectivity index (χ0v) is 22.3. The summed E-state index contributed by atoms with van der Waals surface area (Å²) in [6.07, 6.45) is 7.75. The van der Waals surface area contributed by atoms with Crippen molar-refractivity contribution in [3.8, 4) is 5.75 Å². The van der Waals surface area contributed by atoms with Gasteiger partial charge in [-0.25, -0.2) is 10.2 Å². The Kier molecular flexibility index (Phi) is 6.21. The molecule has 5 aliphatic rings. The lowest BCUT2D eigenvalue weighted by Crippen LogP contribution is -2.68. The number of carbonyl (C=O) groups excluding carboxylic acids is 2. The third kappa shape index (κ3) is 3.80. The number of phenolic OH excluding ortho intramolecular Hbond substituents is 1. The standard InChI is InChI=1S/C30H38N2O7/c1-27-10-7-22-23(30(27,38)13-9-21(27)18-14-25(35)39-16-18)8-12-29(37)15-19(33)6-11-28(22,29)17-31-32-26(36)20-4-2-3-5-24(20)34/h2-5,14,17,19,21-23,33-34,37-38H,6-13,15-16H2,1H3,(H,32,36). The van der Waals surface area contributed by atoms with Crippen LogP contribution in [0.2, 0.25) is 0 Å². The molecule has 0 aromatic heterocycles. The summed E-state index contributed by atoms with van der Waals surface area (Å²) in [6.45, 7) is 2.43. The van der Waals surface area contributed by atoms with E-state index in [9.17, 15) is 30.0 Å². The lowest BCUT2D eigenvalue weighted by atomic mass is 9.41. The van der Waals surface area contributed by atoms with Crippen LogP contribution in [0.4, 0.5) is 0 Å². The normalized spacial score (nSPS) is 43.3. The van der Waals surface area contributed by atoms with Crippen LogP contribution < -0.4 is 5.43 Å². The molecule has 0 bridgehead atoms. The number of cyclic esters (lactones) is 1. The number of aromatic hydroxyl groups is 1. The molecule has 1 aromatic carbocycles. The fourth-order valence-corrected chi connectivity index (χ4v) is 9.29. The van der Waals surface area contributed by atoms with Gasteiger partial charge in [-0.1, -0.05) is 19.1 Å². The monoisotopic (exact) mass is 538 g/mol. The highest BCUT2D eigenvalue weighted by atomic mass is 16.5. The number of fused-ring (bicyclic) bond motifs is 5. The van der Waals surface area contributed by atoms with Crippen molar-refractivity contribution in [2.45, 2.75) is 82.0 Å². The van der Waals surface area contributed by atoms with Crippen LogP contribution in [0.15, 0.2) is 41.0 Å². The van der Waals surface area contributed by atoms with Gasteiger partial charge in [-0.3, -0.25) is 4.79 Å². The molecule has 0 spiro atoms. The van der Waals surface area contributed by atoms with Crippen molar-refractivity contribution >= 4 is 18.1 Å². The highest BCUT2D eigenvalue weighted by Gasteiger charge is 2.71. The molecule has 6 rings (SSSR count). The molecule has 9 heteroatoms. The molecule has 210 valence electrons. The molecule has 8 atom stereocenters. The number of hydrogen-bond acceptors (Lipinski definition) is 8. The summed E-state index contributed by atoms with van der Waals surface area (Å²) in [5, 5.41) is 49.5. The maximum Gasteiger partial charge on any atom is 0.331 e. The lowest BCUT2D eigenvalue weighted by molar-refractivity contribution is -0.237. The maximum absolute atomic E-state index is 12.7. The van der Waals surface area contributed by atoms with Crippen LogP contribution in [-0.2, 0) is 9.53 Å². The number of amides is 1. The van der Waals surface area contributed by atoms with Gasteiger partial charge >= 0.3 is 5.97 Å². The summed E-state index contributed by atoms with van der Waals surface area (Å²) in [5.74, 6) is -1.15. The molecule has 8 unspecified atom stereocenters. The summed E-state index contributed by atoms with van der Waals surface area (Å²) in [4.78, 5) is 24.6. The van der Waals surface area contributed by atoms with E-state index in [4.69, 9.17) is 4.74 Å². The maximum atomic E-state index is 12.7. The highest BCUT2D eigenvalue weighted by molar-refractivity contribution is 5.97. The Morgan fingerprint density at radius 2 is 1.85 bits per heavy atom. The number of hydrazone groups is 1. The fourth-order valence-electron chi connectivity index (χ4n) is 9.29. The second kappa shape index (κ2) is 9.14. The van der Waals surface area contributed by atoms with E-state index >= 15 is 0 Å². The van der Waals surface area contributed by atoms with Crippen LogP contribution >= 0.6 is 0 Å². The summed E-state index contributed by atoms with van der Waals surface area (Å²) >= 11 is 0. The Hall–Kier alpha value is -2.75. The quantitative estimate of drug-likeness (QED) is 0.225. The largest absolute Gasteiger partial charge is 0.507 e. The molecular formula is C30H38N2O7. The topological polar surface area (TPSA) is 149 Å². The molecular weight excluding hydrogens is 500 g/mol. The van der Waals surface area contributed by atoms with Crippen molar-refractivity contribution in [3.05, 3.63) is 41.5 Å². The van der Waals surface area contributed by atoms with Gasteiger partial charge in [0, 0.05) is 29.5 Å². The minimum atomic E-state index is -1.22. The van der Waals surface area contributed by atoms with Gasteiger partial charge in [0.1, 0.15) is 12.4 Å². The first-order valence-electron chi connectivity index (χ1n) is 14.2. The number of nitrogens with zero attached hydrogens (tertiary/aromatic N) is 1. The Morgan fingerprint density at radius 3 is 2.59 bits per heavy atom. The Labute approximate surface area is 228 Å². The predicted molar refractivity (Wildman–Crippen MR) is 142 cm³/mol. The number of nitrogens with one attached hydrogen (secondary N) is 1. The van der Waals surface area contributed by atoms with Gasteiger partial charge in [0.05, 0.1) is 22.9 Å². The second-order valence-corrected chi connectivity index (χ2v) is 12.7. The Bertz CT molecular complexity index is 1250. The molecule has 0 radical (unpaired) electrons. The molecule has 4 fully saturated rings. The van der Waals surface area contributed by atoms with Crippen molar-refractivity contribution in [2.24, 2.45) is 33.7 Å². The first-order chi connectivity index (χ1) is 18.5. The number of phenols is 1. The highest BCUT2D eigenvalue weighted by Crippen LogP contribution is 2.70. The van der Waals surface area contributed by atoms with Crippen molar-refractivity contribution in [2.75, 3.05) is 6.61 Å². The van der Waals surface area contributed by atoms with Gasteiger partial charge in [-0.15, -0.1) is 0 Å². The number of ether oxygens (including phenoxy) is 1. The third-order valence-corrected chi connectivity index (χ3v) is 11.2. The molecule has 1 heterocycles. The summed E-state index contributed by atoms with van der Waals surface area (Å²) in [7, 11) is 0. The van der Waals surface area contributed by atoms with E-state index in [1.165, 1.54) is 12.1 Å². The number of rotatable bonds is 4. The first-order valence-corrected chi connectivity index (χ1v) is 14.2. The van der Waals surface area contributed by atoms with Crippen LogP contribution in [0, 0.1) is 28.6 Å². The van der Waals surface area contributed by atoms with Crippen molar-refractivity contribution in [3.63, 3.8) is 0 Å². The molecule has 1 aliphatic heterocycles. The number of esters is 1. The van der Waals surface area contributed by atoms with Crippen molar-refractivity contribution in [1.82, 2.24) is 5.43 Å². The number of aliphatic hydroxyl groups is 3. The predicted octanol–water partition coefficient (Wildman–Crippen LogP) is 2.82. The van der Waals surface area contributed by atoms with Crippen molar-refractivity contribution in [1.29, 1.82) is 0 Å². The van der Waals surface area contributed by atoms with E-state index in [0.717, 1.165) is 24.8 Å². The Balaban J connectivity index is 1.33. The van der Waals surface area contributed by atoms with Gasteiger partial charge in [-0.2, -0.15) is 5.10 Å². The Morgan fingerprint density at radius 1 is 1.08 bits per heavy atom. The van der Waals surface area contributed by atoms with E-state index in [1.807, 2.05) is 0 Å². The molecule has 39 heavy (non-hydrogen) atoms. The SMILES string of the molecule is CC12CCC3C(CCC4(O)CC(O)CCC34C=NNC(=O)c3ccccc3O)C1(O)CCC2C1=CC(=O)OC1. The second-order valence-electron chi connectivity index (χ2n) is 12.7. The van der Waals surface area contributed by atoms with Crippen LogP contribution in [0.3, 0.4) is 0 Å². The fraction of sp³-hybridized carbons (Fsp3) is 0.633. The zero-order valence-electron chi connectivity index (χ0n) is 22.3. The molecule has 4 aliphatic carbocycles. The third-order valence-electron chi connectivity index (χ3n) is 11.2. The molecule has 1 amide bonds. The summed E-state index contributed by atoms with van der Waals surface area (Å²) in [5.41, 5.74) is 0.149. The molecule has 1 aromatic rings. The number of benzene rings is 1. The van der Waals surface area contributed by atoms with Crippen molar-refractivity contribution < 1.29 is 34.8 Å². The van der Waals surface area contributed by atoms with Gasteiger partial charge in [0.2, 0.25) is 0 Å². The van der Waals surface area contributed by atoms with E-state index in [-0.39, 0.29) is 48.1 Å². The minimum Gasteiger partial charge on any atom is -0.507 e. The van der Waals surface area contributed by atoms with E-state index in [2.05, 4.69) is 17.5 Å². The average molecular weight is 539 g/mol. The van der Waals surface area contributed by atoms with Gasteiger partial charge in [0.25, 0.3) is 5.91 Å². The minimum absolute atomic E-state index is 0.0614. The van der Waals surface area contributed by atoms with E-state index in [0.29, 0.717) is 32.1 Å². The van der Waals surface area contributed by atoms with E-state index in [1.54, 1.807) is 24.4 Å². The number of aliphatic hydroxyl groups excluding tert-OH is 1. The number of carbonyl (C=O) groups is 2.